The average molecular weight is 327 g/mol. The van der Waals surface area contributed by atoms with E-state index in [4.69, 9.17) is 0 Å². The highest BCUT2D eigenvalue weighted by Crippen LogP contribution is 2.19. The van der Waals surface area contributed by atoms with Gasteiger partial charge in [-0.05, 0) is 42.8 Å². The van der Waals surface area contributed by atoms with Gasteiger partial charge in [-0.2, -0.15) is 0 Å². The molecule has 0 radical (unpaired) electrons. The third-order valence-corrected chi connectivity index (χ3v) is 4.91. The van der Waals surface area contributed by atoms with Gasteiger partial charge in [-0.3, -0.25) is 4.72 Å². The van der Waals surface area contributed by atoms with Gasteiger partial charge in [-0.25, -0.2) is 8.42 Å². The van der Waals surface area contributed by atoms with Gasteiger partial charge in [0.25, 0.3) is 10.0 Å². The summed E-state index contributed by atoms with van der Waals surface area (Å²) in [4.78, 5) is 0.184. The molecule has 9 heteroatoms. The van der Waals surface area contributed by atoms with E-state index in [0.29, 0.717) is 0 Å². The highest BCUT2D eigenvalue weighted by molar-refractivity contribution is 7.93. The lowest BCUT2D eigenvalue weighted by molar-refractivity contribution is 0.570. The number of rotatable bonds is 7. The normalized spacial score (nSPS) is 13.0. The minimum Gasteiger partial charge on any atom is -0.310 e. The molecule has 0 spiro atoms. The first-order valence-electron chi connectivity index (χ1n) is 6.54. The number of benzene rings is 1. The van der Waals surface area contributed by atoms with E-state index in [1.54, 1.807) is 24.3 Å². The van der Waals surface area contributed by atoms with E-state index in [1.807, 2.05) is 6.92 Å². The summed E-state index contributed by atoms with van der Waals surface area (Å²) in [5, 5.41) is 10.4. The maximum Gasteiger partial charge on any atom is 0.263 e. The van der Waals surface area contributed by atoms with Crippen LogP contribution in [-0.4, -0.2) is 29.8 Å². The van der Waals surface area contributed by atoms with Gasteiger partial charge in [0.15, 0.2) is 0 Å². The predicted octanol–water partition coefficient (Wildman–Crippen LogP) is 1.79. The molecule has 1 aromatic carbocycles. The van der Waals surface area contributed by atoms with Crippen LogP contribution >= 0.6 is 11.5 Å². The molecular formula is C12H17N5O2S2. The van der Waals surface area contributed by atoms with Crippen LogP contribution in [0.1, 0.15) is 31.9 Å². The summed E-state index contributed by atoms with van der Waals surface area (Å²) >= 11 is 0.889. The maximum absolute atomic E-state index is 12.1. The monoisotopic (exact) mass is 327 g/mol. The molecule has 1 atom stereocenters. The van der Waals surface area contributed by atoms with E-state index in [2.05, 4.69) is 31.8 Å². The lowest BCUT2D eigenvalue weighted by atomic mass is 10.1. The van der Waals surface area contributed by atoms with Crippen molar-refractivity contribution in [3.05, 3.63) is 29.8 Å². The van der Waals surface area contributed by atoms with Gasteiger partial charge in [0.1, 0.15) is 0 Å². The molecule has 0 saturated carbocycles. The summed E-state index contributed by atoms with van der Waals surface area (Å²) in [5.74, 6) is 0. The van der Waals surface area contributed by atoms with Gasteiger partial charge in [0.2, 0.25) is 5.13 Å². The van der Waals surface area contributed by atoms with Crippen LogP contribution in [0.3, 0.4) is 0 Å². The Morgan fingerprint density at radius 1 is 1.29 bits per heavy atom. The zero-order valence-corrected chi connectivity index (χ0v) is 13.4. The zero-order chi connectivity index (χ0) is 15.3. The SMILES string of the molecule is CCCNC(C)c1ccc(S(=O)(=O)Nc2nnns2)cc1. The van der Waals surface area contributed by atoms with Crippen LogP contribution in [0.2, 0.25) is 0 Å². The van der Waals surface area contributed by atoms with E-state index in [1.165, 1.54) is 0 Å². The summed E-state index contributed by atoms with van der Waals surface area (Å²) < 4.78 is 30.1. The standard InChI is InChI=1S/C12H17N5O2S2/c1-3-8-13-9(2)10-4-6-11(7-5-10)21(18,19)15-12-14-16-17-20-12/h4-7,9,13H,3,8H2,1-2H3,(H,14,15,17). The molecule has 2 rings (SSSR count). The first-order valence-corrected chi connectivity index (χ1v) is 8.80. The molecule has 2 aromatic rings. The second kappa shape index (κ2) is 6.92. The molecule has 2 N–H and O–H groups in total. The molecule has 0 aliphatic heterocycles. The first kappa shape index (κ1) is 15.8. The molecule has 0 aliphatic rings. The highest BCUT2D eigenvalue weighted by Gasteiger charge is 2.16. The topological polar surface area (TPSA) is 96.9 Å². The fourth-order valence-corrected chi connectivity index (χ4v) is 3.35. The zero-order valence-electron chi connectivity index (χ0n) is 11.8. The van der Waals surface area contributed by atoms with Gasteiger partial charge in [0, 0.05) is 17.6 Å². The van der Waals surface area contributed by atoms with Crippen LogP contribution in [-0.2, 0) is 10.0 Å². The smallest absolute Gasteiger partial charge is 0.263 e. The Hall–Kier alpha value is -1.58. The summed E-state index contributed by atoms with van der Waals surface area (Å²) in [7, 11) is -3.65. The molecule has 0 aliphatic carbocycles. The van der Waals surface area contributed by atoms with Crippen molar-refractivity contribution < 1.29 is 8.42 Å². The second-order valence-electron chi connectivity index (χ2n) is 4.52. The summed E-state index contributed by atoms with van der Waals surface area (Å²) in [6, 6.07) is 6.95. The number of aromatic nitrogens is 3. The van der Waals surface area contributed by atoms with Gasteiger partial charge in [0.05, 0.1) is 4.90 Å². The lowest BCUT2D eigenvalue weighted by Gasteiger charge is -2.14. The van der Waals surface area contributed by atoms with E-state index in [9.17, 15) is 8.42 Å². The van der Waals surface area contributed by atoms with E-state index in [-0.39, 0.29) is 16.1 Å². The number of hydrogen-bond donors (Lipinski definition) is 2. The minimum atomic E-state index is -3.65. The fourth-order valence-electron chi connectivity index (χ4n) is 1.76. The Morgan fingerprint density at radius 3 is 2.57 bits per heavy atom. The molecule has 1 aromatic heterocycles. The third kappa shape index (κ3) is 4.19. The van der Waals surface area contributed by atoms with Gasteiger partial charge in [-0.15, -0.1) is 0 Å². The molecule has 0 amide bonds. The Kier molecular flexibility index (Phi) is 5.21. The average Bonchev–Trinajstić information content (AvgIpc) is 2.97. The number of nitrogens with zero attached hydrogens (tertiary/aromatic N) is 3. The Labute approximate surface area is 128 Å². The summed E-state index contributed by atoms with van der Waals surface area (Å²) in [6.45, 7) is 5.07. The number of sulfonamides is 1. The van der Waals surface area contributed by atoms with Gasteiger partial charge < -0.3 is 5.32 Å². The molecule has 7 nitrogen and oxygen atoms in total. The lowest BCUT2D eigenvalue weighted by Crippen LogP contribution is -2.19. The molecule has 114 valence electrons. The Balaban J connectivity index is 2.11. The highest BCUT2D eigenvalue weighted by atomic mass is 32.2. The van der Waals surface area contributed by atoms with Crippen LogP contribution in [0.25, 0.3) is 0 Å². The van der Waals surface area contributed by atoms with Crippen LogP contribution < -0.4 is 10.0 Å². The van der Waals surface area contributed by atoms with Crippen molar-refractivity contribution in [2.24, 2.45) is 0 Å². The molecule has 0 bridgehead atoms. The minimum absolute atomic E-state index is 0.150. The molecule has 1 heterocycles. The van der Waals surface area contributed by atoms with E-state index < -0.39 is 10.0 Å². The quantitative estimate of drug-likeness (QED) is 0.805. The molecule has 0 fully saturated rings. The summed E-state index contributed by atoms with van der Waals surface area (Å²) in [5.41, 5.74) is 1.04. The first-order chi connectivity index (χ1) is 10.0. The van der Waals surface area contributed by atoms with Crippen molar-refractivity contribution in [3.63, 3.8) is 0 Å². The van der Waals surface area contributed by atoms with Crippen molar-refractivity contribution in [1.82, 2.24) is 20.1 Å². The van der Waals surface area contributed by atoms with Crippen LogP contribution in [0, 0.1) is 0 Å². The van der Waals surface area contributed by atoms with E-state index in [0.717, 1.165) is 30.1 Å². The van der Waals surface area contributed by atoms with Crippen molar-refractivity contribution in [2.45, 2.75) is 31.2 Å². The predicted molar refractivity (Wildman–Crippen MR) is 81.7 cm³/mol. The van der Waals surface area contributed by atoms with Crippen molar-refractivity contribution in [3.8, 4) is 0 Å². The Bertz CT molecular complexity index is 655. The number of nitrogens with one attached hydrogen (secondary N) is 2. The largest absolute Gasteiger partial charge is 0.310 e. The van der Waals surface area contributed by atoms with Gasteiger partial charge >= 0.3 is 0 Å². The number of anilines is 1. The maximum atomic E-state index is 12.1. The van der Waals surface area contributed by atoms with Crippen molar-refractivity contribution in [2.75, 3.05) is 11.3 Å². The van der Waals surface area contributed by atoms with E-state index >= 15 is 0 Å². The van der Waals surface area contributed by atoms with Gasteiger partial charge in [-0.1, -0.05) is 28.6 Å². The van der Waals surface area contributed by atoms with Crippen LogP contribution in [0.5, 0.6) is 0 Å². The number of hydrogen-bond acceptors (Lipinski definition) is 7. The second-order valence-corrected chi connectivity index (χ2v) is 6.93. The van der Waals surface area contributed by atoms with Crippen molar-refractivity contribution in [1.29, 1.82) is 0 Å². The third-order valence-electron chi connectivity index (χ3n) is 2.91. The molecule has 0 saturated heterocycles. The van der Waals surface area contributed by atoms with Crippen molar-refractivity contribution >= 4 is 26.7 Å². The molecule has 1 unspecified atom stereocenters. The Morgan fingerprint density at radius 2 is 2.00 bits per heavy atom. The summed E-state index contributed by atoms with van der Waals surface area (Å²) in [6.07, 6.45) is 1.05. The molecular weight excluding hydrogens is 310 g/mol. The molecule has 21 heavy (non-hydrogen) atoms. The van der Waals surface area contributed by atoms with Crippen LogP contribution in [0.4, 0.5) is 5.13 Å². The van der Waals surface area contributed by atoms with Crippen LogP contribution in [0.15, 0.2) is 29.2 Å². The fraction of sp³-hybridized carbons (Fsp3) is 0.417.